The highest BCUT2D eigenvalue weighted by Gasteiger charge is 2.18. The van der Waals surface area contributed by atoms with Gasteiger partial charge in [0.2, 0.25) is 0 Å². The molecule has 3 heteroatoms. The number of hydrogen-bond donors (Lipinski definition) is 0. The van der Waals surface area contributed by atoms with E-state index >= 15 is 0 Å². The van der Waals surface area contributed by atoms with Crippen LogP contribution in [0, 0.1) is 0 Å². The van der Waals surface area contributed by atoms with Crippen molar-refractivity contribution in [1.29, 1.82) is 0 Å². The summed E-state index contributed by atoms with van der Waals surface area (Å²) in [6, 6.07) is 16.5. The lowest BCUT2D eigenvalue weighted by atomic mass is 10.0. The van der Waals surface area contributed by atoms with Gasteiger partial charge in [-0.05, 0) is 35.2 Å². The summed E-state index contributed by atoms with van der Waals surface area (Å²) >= 11 is 0. The molecule has 0 N–H and O–H groups in total. The molecule has 1 aliphatic rings. The summed E-state index contributed by atoms with van der Waals surface area (Å²) in [5.74, 6) is 0.0937. The van der Waals surface area contributed by atoms with E-state index in [-0.39, 0.29) is 5.91 Å². The molecule has 1 amide bonds. The highest BCUT2D eigenvalue weighted by molar-refractivity contribution is 5.94. The van der Waals surface area contributed by atoms with Crippen molar-refractivity contribution in [3.05, 3.63) is 59.7 Å². The standard InChI is InChI=1S/C19H21NO2/c1-2-15-3-5-16(6-4-15)17-7-9-18(10-8-17)19(21)20-11-13-22-14-12-20/h3-10H,2,11-14H2,1H3. The largest absolute Gasteiger partial charge is 0.378 e. The number of rotatable bonds is 3. The predicted octanol–water partition coefficient (Wildman–Crippen LogP) is 3.39. The quantitative estimate of drug-likeness (QED) is 0.868. The first-order valence-electron chi connectivity index (χ1n) is 7.84. The molecular formula is C19H21NO2. The van der Waals surface area contributed by atoms with Crippen LogP contribution in [0.4, 0.5) is 0 Å². The Labute approximate surface area is 131 Å². The van der Waals surface area contributed by atoms with Gasteiger partial charge in [-0.2, -0.15) is 0 Å². The Bertz CT molecular complexity index is 625. The van der Waals surface area contributed by atoms with E-state index in [1.54, 1.807) is 0 Å². The molecule has 3 rings (SSSR count). The number of carbonyl (C=O) groups excluding carboxylic acids is 1. The smallest absolute Gasteiger partial charge is 0.254 e. The van der Waals surface area contributed by atoms with E-state index in [1.165, 1.54) is 11.1 Å². The van der Waals surface area contributed by atoms with E-state index in [2.05, 4.69) is 31.2 Å². The highest BCUT2D eigenvalue weighted by Crippen LogP contribution is 2.21. The Morgan fingerprint density at radius 3 is 2.05 bits per heavy atom. The Kier molecular flexibility index (Phi) is 4.54. The van der Waals surface area contributed by atoms with E-state index in [4.69, 9.17) is 4.74 Å². The number of nitrogens with zero attached hydrogens (tertiary/aromatic N) is 1. The number of carbonyl (C=O) groups is 1. The van der Waals surface area contributed by atoms with Crippen molar-refractivity contribution < 1.29 is 9.53 Å². The van der Waals surface area contributed by atoms with Crippen LogP contribution in [0.2, 0.25) is 0 Å². The van der Waals surface area contributed by atoms with Gasteiger partial charge in [-0.25, -0.2) is 0 Å². The summed E-state index contributed by atoms with van der Waals surface area (Å²) in [6.07, 6.45) is 1.05. The summed E-state index contributed by atoms with van der Waals surface area (Å²) in [7, 11) is 0. The van der Waals surface area contributed by atoms with Crippen LogP contribution in [0.25, 0.3) is 11.1 Å². The van der Waals surface area contributed by atoms with E-state index in [0.29, 0.717) is 26.3 Å². The first-order valence-corrected chi connectivity index (χ1v) is 7.84. The van der Waals surface area contributed by atoms with E-state index in [0.717, 1.165) is 17.5 Å². The van der Waals surface area contributed by atoms with Crippen molar-refractivity contribution in [2.45, 2.75) is 13.3 Å². The molecule has 0 atom stereocenters. The van der Waals surface area contributed by atoms with Crippen molar-refractivity contribution in [2.75, 3.05) is 26.3 Å². The zero-order valence-corrected chi connectivity index (χ0v) is 12.9. The summed E-state index contributed by atoms with van der Waals surface area (Å²) < 4.78 is 5.29. The minimum absolute atomic E-state index is 0.0937. The fourth-order valence-electron chi connectivity index (χ4n) is 2.69. The van der Waals surface area contributed by atoms with Gasteiger partial charge < -0.3 is 9.64 Å². The summed E-state index contributed by atoms with van der Waals surface area (Å²) in [5.41, 5.74) is 4.41. The topological polar surface area (TPSA) is 29.5 Å². The minimum Gasteiger partial charge on any atom is -0.378 e. The van der Waals surface area contributed by atoms with Crippen LogP contribution >= 0.6 is 0 Å². The van der Waals surface area contributed by atoms with Crippen LogP contribution in [-0.2, 0) is 11.2 Å². The molecule has 0 bridgehead atoms. The van der Waals surface area contributed by atoms with Crippen molar-refractivity contribution in [3.8, 4) is 11.1 Å². The molecule has 22 heavy (non-hydrogen) atoms. The molecular weight excluding hydrogens is 274 g/mol. The Hall–Kier alpha value is -2.13. The average molecular weight is 295 g/mol. The molecule has 114 valence electrons. The van der Waals surface area contributed by atoms with Gasteiger partial charge in [0.05, 0.1) is 13.2 Å². The number of aryl methyl sites for hydroxylation is 1. The third-order valence-corrected chi connectivity index (χ3v) is 4.13. The first-order chi connectivity index (χ1) is 10.8. The number of hydrogen-bond acceptors (Lipinski definition) is 2. The summed E-state index contributed by atoms with van der Waals surface area (Å²) in [6.45, 7) is 4.78. The van der Waals surface area contributed by atoms with E-state index in [1.807, 2.05) is 29.2 Å². The maximum Gasteiger partial charge on any atom is 0.254 e. The predicted molar refractivity (Wildman–Crippen MR) is 88.0 cm³/mol. The van der Waals surface area contributed by atoms with Gasteiger partial charge in [0.25, 0.3) is 5.91 Å². The maximum absolute atomic E-state index is 12.4. The van der Waals surface area contributed by atoms with Crippen LogP contribution < -0.4 is 0 Å². The van der Waals surface area contributed by atoms with Gasteiger partial charge in [-0.3, -0.25) is 4.79 Å². The van der Waals surface area contributed by atoms with Crippen molar-refractivity contribution in [2.24, 2.45) is 0 Å². The lowest BCUT2D eigenvalue weighted by Crippen LogP contribution is -2.40. The Morgan fingerprint density at radius 2 is 1.50 bits per heavy atom. The van der Waals surface area contributed by atoms with Crippen LogP contribution in [-0.4, -0.2) is 37.1 Å². The van der Waals surface area contributed by atoms with Gasteiger partial charge in [0.1, 0.15) is 0 Å². The van der Waals surface area contributed by atoms with Crippen LogP contribution in [0.5, 0.6) is 0 Å². The molecule has 0 radical (unpaired) electrons. The summed E-state index contributed by atoms with van der Waals surface area (Å²) in [5, 5.41) is 0. The normalized spacial score (nSPS) is 14.9. The van der Waals surface area contributed by atoms with Crippen molar-refractivity contribution >= 4 is 5.91 Å². The molecule has 1 aliphatic heterocycles. The third kappa shape index (κ3) is 3.20. The Balaban J connectivity index is 1.75. The number of amides is 1. The van der Waals surface area contributed by atoms with Crippen molar-refractivity contribution in [3.63, 3.8) is 0 Å². The van der Waals surface area contributed by atoms with Crippen LogP contribution in [0.1, 0.15) is 22.8 Å². The second-order valence-corrected chi connectivity index (χ2v) is 5.53. The molecule has 0 unspecified atom stereocenters. The third-order valence-electron chi connectivity index (χ3n) is 4.13. The molecule has 1 heterocycles. The van der Waals surface area contributed by atoms with Crippen LogP contribution in [0.3, 0.4) is 0 Å². The average Bonchev–Trinajstić information content (AvgIpc) is 2.62. The molecule has 0 aromatic heterocycles. The monoisotopic (exact) mass is 295 g/mol. The number of benzene rings is 2. The second kappa shape index (κ2) is 6.75. The number of morpholine rings is 1. The zero-order valence-electron chi connectivity index (χ0n) is 12.9. The molecule has 1 fully saturated rings. The number of ether oxygens (including phenoxy) is 1. The molecule has 2 aromatic rings. The molecule has 3 nitrogen and oxygen atoms in total. The van der Waals surface area contributed by atoms with Gasteiger partial charge in [0.15, 0.2) is 0 Å². The summed E-state index contributed by atoms with van der Waals surface area (Å²) in [4.78, 5) is 14.3. The SMILES string of the molecule is CCc1ccc(-c2ccc(C(=O)N3CCOCC3)cc2)cc1. The van der Waals surface area contributed by atoms with Gasteiger partial charge in [0, 0.05) is 18.7 Å². The molecule has 2 aromatic carbocycles. The molecule has 1 saturated heterocycles. The molecule has 0 saturated carbocycles. The Morgan fingerprint density at radius 1 is 0.955 bits per heavy atom. The maximum atomic E-state index is 12.4. The van der Waals surface area contributed by atoms with E-state index < -0.39 is 0 Å². The zero-order chi connectivity index (χ0) is 15.4. The van der Waals surface area contributed by atoms with Gasteiger partial charge in [-0.15, -0.1) is 0 Å². The van der Waals surface area contributed by atoms with E-state index in [9.17, 15) is 4.79 Å². The lowest BCUT2D eigenvalue weighted by molar-refractivity contribution is 0.0303. The fourth-order valence-corrected chi connectivity index (χ4v) is 2.69. The van der Waals surface area contributed by atoms with Crippen molar-refractivity contribution in [1.82, 2.24) is 4.90 Å². The first kappa shape index (κ1) is 14.8. The fraction of sp³-hybridized carbons (Fsp3) is 0.316. The molecule has 0 spiro atoms. The minimum atomic E-state index is 0.0937. The van der Waals surface area contributed by atoms with Crippen LogP contribution in [0.15, 0.2) is 48.5 Å². The lowest BCUT2D eigenvalue weighted by Gasteiger charge is -2.26. The van der Waals surface area contributed by atoms with Gasteiger partial charge in [-0.1, -0.05) is 43.3 Å². The highest BCUT2D eigenvalue weighted by atomic mass is 16.5. The second-order valence-electron chi connectivity index (χ2n) is 5.53. The molecule has 0 aliphatic carbocycles. The van der Waals surface area contributed by atoms with Gasteiger partial charge >= 0.3 is 0 Å².